The predicted octanol–water partition coefficient (Wildman–Crippen LogP) is 3.80. The summed E-state index contributed by atoms with van der Waals surface area (Å²) in [6.07, 6.45) is 0. The Bertz CT molecular complexity index is 1210. The molecule has 0 aliphatic carbocycles. The van der Waals surface area contributed by atoms with Crippen molar-refractivity contribution in [3.05, 3.63) is 100 Å². The second-order valence-electron chi connectivity index (χ2n) is 8.07. The van der Waals surface area contributed by atoms with Crippen LogP contribution in [0.3, 0.4) is 0 Å². The van der Waals surface area contributed by atoms with Gasteiger partial charge in [0.25, 0.3) is 5.69 Å². The molecule has 3 N–H and O–H groups in total. The lowest BCUT2D eigenvalue weighted by molar-refractivity contribution is -0.384. The third-order valence-corrected chi connectivity index (χ3v) is 5.85. The van der Waals surface area contributed by atoms with Gasteiger partial charge < -0.3 is 10.1 Å². The van der Waals surface area contributed by atoms with Crippen molar-refractivity contribution in [1.82, 2.24) is 10.4 Å². The first-order chi connectivity index (χ1) is 17.1. The number of oxime groups is 1. The fourth-order valence-electron chi connectivity index (χ4n) is 4.05. The third-order valence-electron chi connectivity index (χ3n) is 5.85. The van der Waals surface area contributed by atoms with Crippen LogP contribution in [0.5, 0.6) is 0 Å². The average molecular weight is 475 g/mol. The number of benzene rings is 3. The van der Waals surface area contributed by atoms with E-state index in [0.717, 1.165) is 38.4 Å². The van der Waals surface area contributed by atoms with Crippen LogP contribution >= 0.6 is 0 Å². The number of piperazine rings is 1. The van der Waals surface area contributed by atoms with E-state index in [1.54, 1.807) is 42.5 Å². The van der Waals surface area contributed by atoms with E-state index >= 15 is 0 Å². The van der Waals surface area contributed by atoms with Crippen molar-refractivity contribution >= 4 is 28.6 Å². The molecule has 0 unspecified atom stereocenters. The molecule has 1 saturated heterocycles. The molecule has 0 aromatic heterocycles. The molecule has 1 aliphatic heterocycles. The van der Waals surface area contributed by atoms with E-state index in [2.05, 4.69) is 32.1 Å². The van der Waals surface area contributed by atoms with Gasteiger partial charge in [0, 0.05) is 50.0 Å². The molecule has 3 aromatic carbocycles. The maximum atomic E-state index is 11.7. The van der Waals surface area contributed by atoms with Gasteiger partial charge in [-0.1, -0.05) is 65.8 Å². The molecule has 0 radical (unpaired) electrons. The van der Waals surface area contributed by atoms with Crippen LogP contribution in [0.2, 0.25) is 0 Å². The molecule has 1 aliphatic rings. The number of aliphatic imine (C=N–C) groups is 1. The Labute approximate surface area is 202 Å². The fourth-order valence-corrected chi connectivity index (χ4v) is 4.05. The van der Waals surface area contributed by atoms with E-state index in [9.17, 15) is 20.5 Å². The van der Waals surface area contributed by atoms with E-state index in [-0.39, 0.29) is 22.9 Å². The van der Waals surface area contributed by atoms with Gasteiger partial charge in [0.15, 0.2) is 11.5 Å². The summed E-state index contributed by atoms with van der Waals surface area (Å²) in [5.74, 6) is -0.216. The summed E-state index contributed by atoms with van der Waals surface area (Å²) in [5, 5.41) is 34.1. The molecule has 1 heterocycles. The van der Waals surface area contributed by atoms with Crippen molar-refractivity contribution < 1.29 is 15.3 Å². The highest BCUT2D eigenvalue weighted by Crippen LogP contribution is 2.33. The number of hydrogen-bond donors (Lipinski definition) is 3. The van der Waals surface area contributed by atoms with E-state index in [4.69, 9.17) is 0 Å². The van der Waals surface area contributed by atoms with Crippen LogP contribution in [0, 0.1) is 10.1 Å². The molecular formula is C25H26N6O4. The summed E-state index contributed by atoms with van der Waals surface area (Å²) in [6.45, 7) is 4.09. The SMILES string of the molecule is O=[N+]([O-])c1ccc(N2CCN(Cc3ccccc3)CC2)cc1N=C(NO)/C(=N/O)c1ccccc1. The van der Waals surface area contributed by atoms with Gasteiger partial charge in [-0.2, -0.15) is 0 Å². The van der Waals surface area contributed by atoms with E-state index in [1.807, 2.05) is 23.7 Å². The Balaban J connectivity index is 1.57. The van der Waals surface area contributed by atoms with Crippen molar-refractivity contribution in [2.24, 2.45) is 10.1 Å². The highest BCUT2D eigenvalue weighted by atomic mass is 16.6. The fraction of sp³-hybridized carbons (Fsp3) is 0.200. The number of amidine groups is 1. The molecular weight excluding hydrogens is 448 g/mol. The Morgan fingerprint density at radius 3 is 2.23 bits per heavy atom. The number of hydrogen-bond acceptors (Lipinski definition) is 8. The van der Waals surface area contributed by atoms with Crippen LogP contribution in [-0.4, -0.2) is 58.0 Å². The Morgan fingerprint density at radius 1 is 0.971 bits per heavy atom. The van der Waals surface area contributed by atoms with Gasteiger partial charge in [-0.25, -0.2) is 4.99 Å². The van der Waals surface area contributed by atoms with Gasteiger partial charge in [0.1, 0.15) is 5.69 Å². The van der Waals surface area contributed by atoms with Gasteiger partial charge in [0.2, 0.25) is 0 Å². The number of nitro benzene ring substituents is 1. The number of nitrogens with zero attached hydrogens (tertiary/aromatic N) is 5. The highest BCUT2D eigenvalue weighted by molar-refractivity contribution is 6.47. The lowest BCUT2D eigenvalue weighted by Crippen LogP contribution is -2.45. The first-order valence-electron chi connectivity index (χ1n) is 11.2. The standard InChI is InChI=1S/C25H26N6O4/c32-27-24(20-9-5-2-6-10-20)25(28-33)26-22-17-21(11-12-23(22)31(34)35)30-15-13-29(14-16-30)18-19-7-3-1-4-8-19/h1-12,17,32-33H,13-16,18H2,(H,26,28)/b27-24+. The molecule has 0 amide bonds. The smallest absolute Gasteiger partial charge is 0.295 e. The van der Waals surface area contributed by atoms with Gasteiger partial charge >= 0.3 is 0 Å². The maximum Gasteiger partial charge on any atom is 0.295 e. The number of nitrogens with one attached hydrogen (secondary N) is 1. The Hall–Kier alpha value is -4.28. The van der Waals surface area contributed by atoms with E-state index in [0.29, 0.717) is 5.56 Å². The zero-order valence-electron chi connectivity index (χ0n) is 19.0. The Morgan fingerprint density at radius 2 is 1.63 bits per heavy atom. The van der Waals surface area contributed by atoms with Crippen molar-refractivity contribution in [3.8, 4) is 0 Å². The average Bonchev–Trinajstić information content (AvgIpc) is 2.90. The number of nitro groups is 1. The first kappa shape index (κ1) is 23.9. The molecule has 4 rings (SSSR count). The summed E-state index contributed by atoms with van der Waals surface area (Å²) in [7, 11) is 0. The first-order valence-corrected chi connectivity index (χ1v) is 11.2. The van der Waals surface area contributed by atoms with Gasteiger partial charge in [0.05, 0.1) is 4.92 Å². The molecule has 3 aromatic rings. The van der Waals surface area contributed by atoms with E-state index < -0.39 is 4.92 Å². The second kappa shape index (κ2) is 11.2. The largest absolute Gasteiger partial charge is 0.410 e. The van der Waals surface area contributed by atoms with E-state index in [1.165, 1.54) is 11.6 Å². The zero-order valence-corrected chi connectivity index (χ0v) is 19.0. The topological polar surface area (TPSA) is 127 Å². The summed E-state index contributed by atoms with van der Waals surface area (Å²) in [6, 6.07) is 23.6. The molecule has 10 heteroatoms. The molecule has 0 spiro atoms. The minimum absolute atomic E-state index is 0.0350. The number of hydroxylamine groups is 1. The number of anilines is 1. The molecule has 0 atom stereocenters. The van der Waals surface area contributed by atoms with Crippen molar-refractivity contribution in [2.75, 3.05) is 31.1 Å². The van der Waals surface area contributed by atoms with Crippen LogP contribution in [0.1, 0.15) is 11.1 Å². The van der Waals surface area contributed by atoms with Gasteiger partial charge in [-0.3, -0.25) is 25.7 Å². The van der Waals surface area contributed by atoms with Crippen molar-refractivity contribution in [2.45, 2.75) is 6.54 Å². The molecule has 0 saturated carbocycles. The summed E-state index contributed by atoms with van der Waals surface area (Å²) >= 11 is 0. The van der Waals surface area contributed by atoms with Crippen LogP contribution in [0.4, 0.5) is 17.1 Å². The summed E-state index contributed by atoms with van der Waals surface area (Å²) in [4.78, 5) is 19.9. The van der Waals surface area contributed by atoms with Crippen LogP contribution < -0.4 is 10.4 Å². The normalized spacial score (nSPS) is 15.2. The quantitative estimate of drug-likeness (QED) is 0.156. The molecule has 1 fully saturated rings. The van der Waals surface area contributed by atoms with Crippen LogP contribution in [-0.2, 0) is 6.54 Å². The van der Waals surface area contributed by atoms with Gasteiger partial charge in [-0.05, 0) is 17.7 Å². The Kier molecular flexibility index (Phi) is 7.66. The highest BCUT2D eigenvalue weighted by Gasteiger charge is 2.22. The molecule has 0 bridgehead atoms. The minimum atomic E-state index is -0.534. The minimum Gasteiger partial charge on any atom is -0.410 e. The van der Waals surface area contributed by atoms with Crippen molar-refractivity contribution in [3.63, 3.8) is 0 Å². The number of rotatable bonds is 7. The second-order valence-corrected chi connectivity index (χ2v) is 8.07. The summed E-state index contributed by atoms with van der Waals surface area (Å²) < 4.78 is 0. The maximum absolute atomic E-state index is 11.7. The van der Waals surface area contributed by atoms with Gasteiger partial charge in [-0.15, -0.1) is 0 Å². The van der Waals surface area contributed by atoms with Crippen LogP contribution in [0.15, 0.2) is 89.0 Å². The monoisotopic (exact) mass is 474 g/mol. The predicted molar refractivity (Wildman–Crippen MR) is 134 cm³/mol. The van der Waals surface area contributed by atoms with Crippen LogP contribution in [0.25, 0.3) is 0 Å². The molecule has 35 heavy (non-hydrogen) atoms. The summed E-state index contributed by atoms with van der Waals surface area (Å²) in [5.41, 5.74) is 4.19. The molecule has 10 nitrogen and oxygen atoms in total. The lowest BCUT2D eigenvalue weighted by Gasteiger charge is -2.36. The van der Waals surface area contributed by atoms with Crippen molar-refractivity contribution in [1.29, 1.82) is 0 Å². The zero-order chi connectivity index (χ0) is 24.6. The molecule has 180 valence electrons. The lowest BCUT2D eigenvalue weighted by atomic mass is 10.1. The third kappa shape index (κ3) is 5.81.